The van der Waals surface area contributed by atoms with Crippen LogP contribution in [0.5, 0.6) is 0 Å². The lowest BCUT2D eigenvalue weighted by molar-refractivity contribution is 0.418. The highest BCUT2D eigenvalue weighted by Gasteiger charge is 2.29. The van der Waals surface area contributed by atoms with Gasteiger partial charge in [0.2, 0.25) is 0 Å². The number of halogens is 1. The van der Waals surface area contributed by atoms with Crippen molar-refractivity contribution in [3.05, 3.63) is 35.5 Å². The Kier molecular flexibility index (Phi) is 4.32. The molecule has 0 spiro atoms. The highest BCUT2D eigenvalue weighted by atomic mass is 35.5. The molecule has 0 amide bonds. The maximum absolute atomic E-state index is 6.27. The molecule has 4 heteroatoms. The normalized spacial score (nSPS) is 18.4. The summed E-state index contributed by atoms with van der Waals surface area (Å²) in [6, 6.07) is 7.90. The summed E-state index contributed by atoms with van der Waals surface area (Å²) >= 11 is 6.27. The van der Waals surface area contributed by atoms with Gasteiger partial charge < -0.3 is 11.1 Å². The zero-order chi connectivity index (χ0) is 14.7. The van der Waals surface area contributed by atoms with Gasteiger partial charge in [-0.1, -0.05) is 37.3 Å². The molecule has 21 heavy (non-hydrogen) atoms. The van der Waals surface area contributed by atoms with Crippen LogP contribution >= 0.6 is 11.6 Å². The monoisotopic (exact) mass is 303 g/mol. The number of anilines is 1. The molecule has 1 fully saturated rings. The van der Waals surface area contributed by atoms with Gasteiger partial charge in [-0.3, -0.25) is 4.98 Å². The maximum atomic E-state index is 6.27. The first-order valence-electron chi connectivity index (χ1n) is 7.76. The molecule has 0 saturated heterocycles. The Hall–Kier alpha value is -1.32. The van der Waals surface area contributed by atoms with E-state index < -0.39 is 0 Å². The molecule has 0 atom stereocenters. The van der Waals surface area contributed by atoms with Crippen molar-refractivity contribution in [2.24, 2.45) is 5.73 Å². The second-order valence-electron chi connectivity index (χ2n) is 6.02. The first-order chi connectivity index (χ1) is 10.2. The zero-order valence-corrected chi connectivity index (χ0v) is 13.0. The predicted molar refractivity (Wildman–Crippen MR) is 89.9 cm³/mol. The predicted octanol–water partition coefficient (Wildman–Crippen LogP) is 4.35. The first kappa shape index (κ1) is 14.6. The third-order valence-electron chi connectivity index (χ3n) is 4.57. The molecule has 1 saturated carbocycles. The second-order valence-corrected chi connectivity index (χ2v) is 6.43. The minimum absolute atomic E-state index is 0.00518. The third kappa shape index (κ3) is 2.99. The van der Waals surface area contributed by atoms with E-state index in [1.807, 2.05) is 30.5 Å². The van der Waals surface area contributed by atoms with Crippen molar-refractivity contribution in [3.8, 4) is 0 Å². The zero-order valence-electron chi connectivity index (χ0n) is 12.2. The molecule has 1 aliphatic carbocycles. The highest BCUT2D eigenvalue weighted by molar-refractivity contribution is 6.35. The van der Waals surface area contributed by atoms with Crippen molar-refractivity contribution >= 4 is 28.2 Å². The van der Waals surface area contributed by atoms with Gasteiger partial charge in [0.15, 0.2) is 0 Å². The molecule has 0 radical (unpaired) electrons. The van der Waals surface area contributed by atoms with Gasteiger partial charge in [-0.15, -0.1) is 0 Å². The molecular weight excluding hydrogens is 282 g/mol. The molecule has 0 unspecified atom stereocenters. The van der Waals surface area contributed by atoms with Crippen molar-refractivity contribution in [1.82, 2.24) is 4.98 Å². The fourth-order valence-electron chi connectivity index (χ4n) is 3.31. The van der Waals surface area contributed by atoms with E-state index in [0.29, 0.717) is 6.54 Å². The van der Waals surface area contributed by atoms with Crippen LogP contribution in [-0.4, -0.2) is 17.1 Å². The molecule has 3 rings (SSSR count). The van der Waals surface area contributed by atoms with Gasteiger partial charge in [0.05, 0.1) is 16.2 Å². The average molecular weight is 304 g/mol. The number of fused-ring (bicyclic) bond motifs is 1. The Balaban J connectivity index is 1.98. The SMILES string of the molecule is NCC1(Nc2ccc(Cl)c3cccnc23)CCCCCC1. The Bertz CT molecular complexity index is 618. The third-order valence-corrected chi connectivity index (χ3v) is 4.90. The number of nitrogens with two attached hydrogens (primary N) is 1. The van der Waals surface area contributed by atoms with E-state index in [4.69, 9.17) is 17.3 Å². The summed E-state index contributed by atoms with van der Waals surface area (Å²) in [5.74, 6) is 0. The molecule has 1 aromatic carbocycles. The van der Waals surface area contributed by atoms with Crippen LogP contribution < -0.4 is 11.1 Å². The lowest BCUT2D eigenvalue weighted by Gasteiger charge is -2.34. The van der Waals surface area contributed by atoms with Crippen molar-refractivity contribution in [3.63, 3.8) is 0 Å². The average Bonchev–Trinajstić information content (AvgIpc) is 2.77. The van der Waals surface area contributed by atoms with Crippen LogP contribution in [-0.2, 0) is 0 Å². The van der Waals surface area contributed by atoms with Gasteiger partial charge in [0.25, 0.3) is 0 Å². The molecule has 0 aliphatic heterocycles. The number of nitrogens with zero attached hydrogens (tertiary/aromatic N) is 1. The van der Waals surface area contributed by atoms with Gasteiger partial charge in [-0.25, -0.2) is 0 Å². The lowest BCUT2D eigenvalue weighted by atomic mass is 9.89. The van der Waals surface area contributed by atoms with Gasteiger partial charge >= 0.3 is 0 Å². The molecule has 1 heterocycles. The largest absolute Gasteiger partial charge is 0.377 e. The van der Waals surface area contributed by atoms with Crippen molar-refractivity contribution in [2.45, 2.75) is 44.1 Å². The van der Waals surface area contributed by atoms with Crippen LogP contribution in [0.25, 0.3) is 10.9 Å². The fraction of sp³-hybridized carbons (Fsp3) is 0.471. The van der Waals surface area contributed by atoms with E-state index >= 15 is 0 Å². The second kappa shape index (κ2) is 6.20. The van der Waals surface area contributed by atoms with Crippen molar-refractivity contribution < 1.29 is 0 Å². The minimum atomic E-state index is -0.00518. The van der Waals surface area contributed by atoms with E-state index in [1.165, 1.54) is 25.7 Å². The van der Waals surface area contributed by atoms with Gasteiger partial charge in [-0.05, 0) is 37.1 Å². The summed E-state index contributed by atoms with van der Waals surface area (Å²) < 4.78 is 0. The molecule has 1 aromatic heterocycles. The van der Waals surface area contributed by atoms with E-state index in [1.54, 1.807) is 0 Å². The van der Waals surface area contributed by atoms with Crippen LogP contribution in [0.3, 0.4) is 0 Å². The lowest BCUT2D eigenvalue weighted by Crippen LogP contribution is -2.45. The number of aromatic nitrogens is 1. The maximum Gasteiger partial charge on any atom is 0.0948 e. The fourth-order valence-corrected chi connectivity index (χ4v) is 3.53. The smallest absolute Gasteiger partial charge is 0.0948 e. The molecule has 3 nitrogen and oxygen atoms in total. The quantitative estimate of drug-likeness (QED) is 0.829. The van der Waals surface area contributed by atoms with Crippen LogP contribution in [0.4, 0.5) is 5.69 Å². The molecule has 1 aliphatic rings. The number of rotatable bonds is 3. The Labute approximate surface area is 130 Å². The number of benzene rings is 1. The molecule has 112 valence electrons. The molecule has 0 bridgehead atoms. The Morgan fingerprint density at radius 1 is 1.14 bits per heavy atom. The summed E-state index contributed by atoms with van der Waals surface area (Å²) in [4.78, 5) is 4.51. The van der Waals surface area contributed by atoms with E-state index in [-0.39, 0.29) is 5.54 Å². The summed E-state index contributed by atoms with van der Waals surface area (Å²) in [5.41, 5.74) is 8.09. The van der Waals surface area contributed by atoms with Crippen LogP contribution in [0.1, 0.15) is 38.5 Å². The summed E-state index contributed by atoms with van der Waals surface area (Å²) in [6.45, 7) is 0.657. The van der Waals surface area contributed by atoms with Gasteiger partial charge in [0, 0.05) is 23.7 Å². The van der Waals surface area contributed by atoms with Crippen LogP contribution in [0.15, 0.2) is 30.5 Å². The highest BCUT2D eigenvalue weighted by Crippen LogP contribution is 2.34. The van der Waals surface area contributed by atoms with E-state index in [2.05, 4.69) is 10.3 Å². The standard InChI is InChI=1S/C17H22ClN3/c18-14-7-8-15(16-13(14)6-5-11-20-16)21-17(12-19)9-3-1-2-4-10-17/h5-8,11,21H,1-4,9-10,12,19H2. The van der Waals surface area contributed by atoms with Gasteiger partial charge in [-0.2, -0.15) is 0 Å². The Morgan fingerprint density at radius 2 is 1.90 bits per heavy atom. The molecule has 3 N–H and O–H groups in total. The number of hydrogen-bond acceptors (Lipinski definition) is 3. The summed E-state index contributed by atoms with van der Waals surface area (Å²) in [7, 11) is 0. The van der Waals surface area contributed by atoms with Crippen LogP contribution in [0, 0.1) is 0 Å². The summed E-state index contributed by atoms with van der Waals surface area (Å²) in [6.07, 6.45) is 9.16. The topological polar surface area (TPSA) is 50.9 Å². The molecular formula is C17H22ClN3. The van der Waals surface area contributed by atoms with Crippen molar-refractivity contribution in [1.29, 1.82) is 0 Å². The number of hydrogen-bond donors (Lipinski definition) is 2. The van der Waals surface area contributed by atoms with Gasteiger partial charge in [0.1, 0.15) is 0 Å². The molecule has 2 aromatic rings. The number of pyridine rings is 1. The Morgan fingerprint density at radius 3 is 2.62 bits per heavy atom. The van der Waals surface area contributed by atoms with Crippen LogP contribution in [0.2, 0.25) is 5.02 Å². The first-order valence-corrected chi connectivity index (χ1v) is 8.13. The van der Waals surface area contributed by atoms with Crippen molar-refractivity contribution in [2.75, 3.05) is 11.9 Å². The van der Waals surface area contributed by atoms with E-state index in [0.717, 1.165) is 34.5 Å². The minimum Gasteiger partial charge on any atom is -0.377 e. The summed E-state index contributed by atoms with van der Waals surface area (Å²) in [5, 5.41) is 5.44. The number of nitrogens with one attached hydrogen (secondary N) is 1. The van der Waals surface area contributed by atoms with E-state index in [9.17, 15) is 0 Å².